The third-order valence-corrected chi connectivity index (χ3v) is 3.63. The Morgan fingerprint density at radius 2 is 1.62 bits per heavy atom. The lowest BCUT2D eigenvalue weighted by molar-refractivity contribution is 0.00578. The van der Waals surface area contributed by atoms with E-state index in [1.54, 1.807) is 0 Å². The number of rotatable bonds is 1. The lowest BCUT2D eigenvalue weighted by atomic mass is 9.90. The van der Waals surface area contributed by atoms with Crippen LogP contribution in [0.25, 0.3) is 0 Å². The lowest BCUT2D eigenvalue weighted by Gasteiger charge is -2.32. The maximum atomic E-state index is 5.97. The molecule has 0 aromatic carbocycles. The minimum atomic E-state index is -0.223. The van der Waals surface area contributed by atoms with Gasteiger partial charge in [-0.05, 0) is 40.7 Å². The van der Waals surface area contributed by atoms with E-state index in [1.807, 2.05) is 0 Å². The molecule has 0 bridgehead atoms. The third kappa shape index (κ3) is 2.45. The Morgan fingerprint density at radius 3 is 2.06 bits per heavy atom. The molecule has 5 heteroatoms. The van der Waals surface area contributed by atoms with Crippen LogP contribution in [0.1, 0.15) is 34.1 Å². The molecule has 16 heavy (non-hydrogen) atoms. The van der Waals surface area contributed by atoms with E-state index in [0.29, 0.717) is 0 Å². The van der Waals surface area contributed by atoms with E-state index in [1.165, 1.54) is 0 Å². The summed E-state index contributed by atoms with van der Waals surface area (Å²) >= 11 is 0. The summed E-state index contributed by atoms with van der Waals surface area (Å²) in [5, 5.41) is 0. The van der Waals surface area contributed by atoms with Gasteiger partial charge in [0, 0.05) is 6.54 Å². The molecule has 0 N–H and O–H groups in total. The van der Waals surface area contributed by atoms with Crippen LogP contribution in [-0.4, -0.2) is 36.4 Å². The zero-order chi connectivity index (χ0) is 11.1. The van der Waals surface area contributed by atoms with Crippen molar-refractivity contribution in [1.29, 1.82) is 0 Å². The molecule has 2 heterocycles. The van der Waals surface area contributed by atoms with E-state index < -0.39 is 0 Å². The van der Waals surface area contributed by atoms with E-state index in [-0.39, 0.29) is 30.9 Å². The fourth-order valence-corrected chi connectivity index (χ4v) is 1.81. The fraction of sp³-hybridized carbons (Fsp3) is 0.818. The average molecular weight is 246 g/mol. The van der Waals surface area contributed by atoms with Gasteiger partial charge in [-0.15, -0.1) is 12.4 Å². The van der Waals surface area contributed by atoms with Crippen LogP contribution in [0.5, 0.6) is 0 Å². The topological polar surface area (TPSA) is 21.7 Å². The maximum absolute atomic E-state index is 5.97. The Labute approximate surface area is 105 Å². The molecule has 0 saturated carbocycles. The summed E-state index contributed by atoms with van der Waals surface area (Å²) in [6.07, 6.45) is 5.47. The lowest BCUT2D eigenvalue weighted by Crippen LogP contribution is -2.43. The van der Waals surface area contributed by atoms with Crippen LogP contribution in [-0.2, 0) is 9.31 Å². The smallest absolute Gasteiger partial charge is 0.389 e. The number of hydrogen-bond acceptors (Lipinski definition) is 3. The SMILES string of the molecule is CC1(C)OB(N2CC=CCC2)OC1(C)C.Cl. The largest absolute Gasteiger partial charge is 0.558 e. The van der Waals surface area contributed by atoms with E-state index in [4.69, 9.17) is 9.31 Å². The van der Waals surface area contributed by atoms with Crippen molar-refractivity contribution in [2.75, 3.05) is 13.1 Å². The molecule has 0 atom stereocenters. The normalized spacial score (nSPS) is 27.9. The second-order valence-corrected chi connectivity index (χ2v) is 5.32. The molecular weight excluding hydrogens is 224 g/mol. The van der Waals surface area contributed by atoms with Gasteiger partial charge in [0.15, 0.2) is 0 Å². The van der Waals surface area contributed by atoms with Gasteiger partial charge in [-0.2, -0.15) is 0 Å². The molecule has 0 spiro atoms. The molecule has 0 unspecified atom stereocenters. The highest BCUT2D eigenvalue weighted by atomic mass is 35.5. The second-order valence-electron chi connectivity index (χ2n) is 5.32. The third-order valence-electron chi connectivity index (χ3n) is 3.63. The Balaban J connectivity index is 0.00000128. The summed E-state index contributed by atoms with van der Waals surface area (Å²) in [7, 11) is -0.181. The summed E-state index contributed by atoms with van der Waals surface area (Å²) < 4.78 is 11.9. The van der Waals surface area contributed by atoms with Gasteiger partial charge in [0.1, 0.15) is 0 Å². The molecule has 0 aromatic rings. The molecule has 92 valence electrons. The van der Waals surface area contributed by atoms with E-state index in [9.17, 15) is 0 Å². The summed E-state index contributed by atoms with van der Waals surface area (Å²) in [6.45, 7) is 10.3. The van der Waals surface area contributed by atoms with Crippen molar-refractivity contribution in [2.24, 2.45) is 0 Å². The van der Waals surface area contributed by atoms with E-state index in [2.05, 4.69) is 44.7 Å². The number of halogens is 1. The molecule has 0 aliphatic carbocycles. The Morgan fingerprint density at radius 1 is 1.06 bits per heavy atom. The molecule has 2 aliphatic rings. The average Bonchev–Trinajstić information content (AvgIpc) is 2.38. The van der Waals surface area contributed by atoms with E-state index >= 15 is 0 Å². The first-order valence-corrected chi connectivity index (χ1v) is 5.67. The summed E-state index contributed by atoms with van der Waals surface area (Å²) in [5.41, 5.74) is -0.447. The van der Waals surface area contributed by atoms with Crippen LogP contribution >= 0.6 is 12.4 Å². The first kappa shape index (κ1) is 14.0. The Kier molecular flexibility index (Phi) is 4.11. The Hall–Kier alpha value is -0.0251. The van der Waals surface area contributed by atoms with Crippen LogP contribution in [0.3, 0.4) is 0 Å². The molecule has 2 aliphatic heterocycles. The molecular formula is C11H21BClNO2. The van der Waals surface area contributed by atoms with Crippen LogP contribution in [0.15, 0.2) is 12.2 Å². The van der Waals surface area contributed by atoms with Gasteiger partial charge < -0.3 is 9.31 Å². The molecule has 3 nitrogen and oxygen atoms in total. The Bertz CT molecular complexity index is 265. The van der Waals surface area contributed by atoms with Crippen molar-refractivity contribution in [3.8, 4) is 0 Å². The molecule has 0 aromatic heterocycles. The first-order valence-electron chi connectivity index (χ1n) is 5.67. The fourth-order valence-electron chi connectivity index (χ4n) is 1.81. The molecule has 0 amide bonds. The molecule has 1 fully saturated rings. The highest BCUT2D eigenvalue weighted by molar-refractivity contribution is 6.42. The minimum Gasteiger partial charge on any atom is -0.389 e. The van der Waals surface area contributed by atoms with Crippen LogP contribution in [0.2, 0.25) is 0 Å². The molecule has 0 radical (unpaired) electrons. The number of nitrogens with zero attached hydrogens (tertiary/aromatic N) is 1. The van der Waals surface area contributed by atoms with Gasteiger partial charge in [-0.25, -0.2) is 0 Å². The van der Waals surface area contributed by atoms with Crippen molar-refractivity contribution in [3.05, 3.63) is 12.2 Å². The van der Waals surface area contributed by atoms with Crippen molar-refractivity contribution in [2.45, 2.75) is 45.3 Å². The monoisotopic (exact) mass is 245 g/mol. The zero-order valence-electron chi connectivity index (χ0n) is 10.5. The predicted octanol–water partition coefficient (Wildman–Crippen LogP) is 2.26. The van der Waals surface area contributed by atoms with Gasteiger partial charge in [-0.3, -0.25) is 4.81 Å². The second kappa shape index (κ2) is 4.69. The van der Waals surface area contributed by atoms with Gasteiger partial charge in [0.05, 0.1) is 11.2 Å². The van der Waals surface area contributed by atoms with Crippen molar-refractivity contribution >= 4 is 19.7 Å². The van der Waals surface area contributed by atoms with Gasteiger partial charge >= 0.3 is 7.25 Å². The van der Waals surface area contributed by atoms with Crippen LogP contribution in [0, 0.1) is 0 Å². The molecule has 2 rings (SSSR count). The van der Waals surface area contributed by atoms with Crippen molar-refractivity contribution < 1.29 is 9.31 Å². The van der Waals surface area contributed by atoms with Gasteiger partial charge in [0.25, 0.3) is 0 Å². The first-order chi connectivity index (χ1) is 6.92. The summed E-state index contributed by atoms with van der Waals surface area (Å²) in [5.74, 6) is 0. The van der Waals surface area contributed by atoms with Crippen molar-refractivity contribution in [1.82, 2.24) is 4.81 Å². The standard InChI is InChI=1S/C11H20BNO2.ClH/c1-10(2)11(3,4)15-12(14-10)13-8-6-5-7-9-13;/h5-6H,7-9H2,1-4H3;1H. The van der Waals surface area contributed by atoms with Crippen molar-refractivity contribution in [3.63, 3.8) is 0 Å². The minimum absolute atomic E-state index is 0. The van der Waals surface area contributed by atoms with Gasteiger partial charge in [0.2, 0.25) is 0 Å². The van der Waals surface area contributed by atoms with Gasteiger partial charge in [-0.1, -0.05) is 12.2 Å². The highest BCUT2D eigenvalue weighted by Gasteiger charge is 2.53. The summed E-state index contributed by atoms with van der Waals surface area (Å²) in [6, 6.07) is 0. The zero-order valence-corrected chi connectivity index (χ0v) is 11.3. The maximum Gasteiger partial charge on any atom is 0.558 e. The summed E-state index contributed by atoms with van der Waals surface area (Å²) in [4.78, 5) is 2.23. The van der Waals surface area contributed by atoms with Crippen LogP contribution < -0.4 is 0 Å². The molecule has 1 saturated heterocycles. The number of hydrogen-bond donors (Lipinski definition) is 0. The quantitative estimate of drug-likeness (QED) is 0.522. The highest BCUT2D eigenvalue weighted by Crippen LogP contribution is 2.37. The van der Waals surface area contributed by atoms with E-state index in [0.717, 1.165) is 19.5 Å². The predicted molar refractivity (Wildman–Crippen MR) is 68.7 cm³/mol. The van der Waals surface area contributed by atoms with Crippen LogP contribution in [0.4, 0.5) is 0 Å².